The van der Waals surface area contributed by atoms with E-state index in [1.54, 1.807) is 11.7 Å². The molecule has 0 radical (unpaired) electrons. The Kier molecular flexibility index (Phi) is 3.42. The van der Waals surface area contributed by atoms with E-state index in [9.17, 15) is 4.79 Å². The third kappa shape index (κ3) is 2.49. The predicted octanol–water partition coefficient (Wildman–Crippen LogP) is 1.72. The molecule has 0 bridgehead atoms. The molecule has 0 saturated heterocycles. The predicted molar refractivity (Wildman–Crippen MR) is 93.6 cm³/mol. The Morgan fingerprint density at radius 1 is 1.16 bits per heavy atom. The normalized spacial score (nSPS) is 10.9. The Labute approximate surface area is 142 Å². The van der Waals surface area contributed by atoms with Gasteiger partial charge >= 0.3 is 0 Å². The fraction of sp³-hybridized carbons (Fsp3) is 0.0588. The summed E-state index contributed by atoms with van der Waals surface area (Å²) >= 11 is 0. The number of carbonyl (C=O) groups excluding carboxylic acids is 1. The van der Waals surface area contributed by atoms with Gasteiger partial charge in [0.2, 0.25) is 0 Å². The maximum absolute atomic E-state index is 11.6. The van der Waals surface area contributed by atoms with Crippen LogP contribution in [0.25, 0.3) is 22.7 Å². The largest absolute Gasteiger partial charge is 0.373 e. The van der Waals surface area contributed by atoms with Gasteiger partial charge in [-0.3, -0.25) is 4.79 Å². The molecule has 0 spiro atoms. The van der Waals surface area contributed by atoms with Crippen molar-refractivity contribution in [3.8, 4) is 17.1 Å². The fourth-order valence-electron chi connectivity index (χ4n) is 2.63. The van der Waals surface area contributed by atoms with Gasteiger partial charge in [-0.15, -0.1) is 0 Å². The van der Waals surface area contributed by atoms with Crippen molar-refractivity contribution in [2.45, 2.75) is 0 Å². The summed E-state index contributed by atoms with van der Waals surface area (Å²) in [6.07, 6.45) is 3.28. The van der Waals surface area contributed by atoms with E-state index in [1.807, 2.05) is 48.7 Å². The first kappa shape index (κ1) is 14.9. The number of hydrogen-bond donors (Lipinski definition) is 2. The molecular weight excluding hydrogens is 318 g/mol. The van der Waals surface area contributed by atoms with Crippen LogP contribution in [0.2, 0.25) is 0 Å². The second kappa shape index (κ2) is 5.75. The van der Waals surface area contributed by atoms with Gasteiger partial charge in [0.15, 0.2) is 5.65 Å². The zero-order chi connectivity index (χ0) is 17.4. The highest BCUT2D eigenvalue weighted by Gasteiger charge is 2.16. The number of anilines is 1. The third-order valence-corrected chi connectivity index (χ3v) is 3.87. The van der Waals surface area contributed by atoms with Crippen molar-refractivity contribution in [1.29, 1.82) is 0 Å². The van der Waals surface area contributed by atoms with Gasteiger partial charge in [0, 0.05) is 19.3 Å². The lowest BCUT2D eigenvalue weighted by molar-refractivity contribution is 0.100. The maximum Gasteiger partial charge on any atom is 0.254 e. The summed E-state index contributed by atoms with van der Waals surface area (Å²) in [5, 5.41) is 11.8. The van der Waals surface area contributed by atoms with Crippen LogP contribution in [0.5, 0.6) is 0 Å². The van der Waals surface area contributed by atoms with Crippen LogP contribution in [0.4, 0.5) is 5.82 Å². The highest BCUT2D eigenvalue weighted by atomic mass is 16.1. The molecule has 3 heterocycles. The van der Waals surface area contributed by atoms with E-state index in [0.29, 0.717) is 22.9 Å². The van der Waals surface area contributed by atoms with Crippen LogP contribution < -0.4 is 11.1 Å². The number of nitrogens with two attached hydrogens (primary N) is 1. The van der Waals surface area contributed by atoms with E-state index in [2.05, 4.69) is 20.5 Å². The third-order valence-electron chi connectivity index (χ3n) is 3.87. The first-order valence-corrected chi connectivity index (χ1v) is 7.65. The molecule has 8 heteroatoms. The summed E-state index contributed by atoms with van der Waals surface area (Å²) in [5.74, 6) is 0.110. The van der Waals surface area contributed by atoms with Crippen LogP contribution in [0.3, 0.4) is 0 Å². The second-order valence-electron chi connectivity index (χ2n) is 5.42. The SMILES string of the molecule is CNc1cc(-c2ccn(-c3ccccc3)n2)nc2c(C(N)=O)cnn12. The van der Waals surface area contributed by atoms with Gasteiger partial charge in [0.25, 0.3) is 5.91 Å². The van der Waals surface area contributed by atoms with Crippen LogP contribution in [-0.4, -0.2) is 37.3 Å². The zero-order valence-corrected chi connectivity index (χ0v) is 13.4. The zero-order valence-electron chi connectivity index (χ0n) is 13.4. The van der Waals surface area contributed by atoms with E-state index in [0.717, 1.165) is 5.69 Å². The van der Waals surface area contributed by atoms with Gasteiger partial charge in [-0.25, -0.2) is 9.67 Å². The summed E-state index contributed by atoms with van der Waals surface area (Å²) in [4.78, 5) is 16.1. The molecule has 8 nitrogen and oxygen atoms in total. The molecule has 3 N–H and O–H groups in total. The molecular formula is C17H15N7O. The number of nitrogens with zero attached hydrogens (tertiary/aromatic N) is 5. The van der Waals surface area contributed by atoms with Crippen LogP contribution in [0.15, 0.2) is 54.9 Å². The fourth-order valence-corrected chi connectivity index (χ4v) is 2.63. The molecule has 0 fully saturated rings. The number of amides is 1. The Hall–Kier alpha value is -3.68. The lowest BCUT2D eigenvalue weighted by Crippen LogP contribution is -2.11. The van der Waals surface area contributed by atoms with E-state index >= 15 is 0 Å². The van der Waals surface area contributed by atoms with Crippen LogP contribution in [0.1, 0.15) is 10.4 Å². The number of nitrogens with one attached hydrogen (secondary N) is 1. The van der Waals surface area contributed by atoms with Crippen molar-refractivity contribution in [2.24, 2.45) is 5.73 Å². The van der Waals surface area contributed by atoms with Gasteiger partial charge in [0.1, 0.15) is 17.1 Å². The molecule has 0 aliphatic carbocycles. The molecule has 25 heavy (non-hydrogen) atoms. The van der Waals surface area contributed by atoms with Gasteiger partial charge in [0.05, 0.1) is 17.6 Å². The average Bonchev–Trinajstić information content (AvgIpc) is 3.28. The average molecular weight is 333 g/mol. The number of rotatable bonds is 4. The van der Waals surface area contributed by atoms with Gasteiger partial charge in [-0.2, -0.15) is 14.7 Å². The number of aromatic nitrogens is 5. The monoisotopic (exact) mass is 333 g/mol. The summed E-state index contributed by atoms with van der Waals surface area (Å²) < 4.78 is 3.31. The summed E-state index contributed by atoms with van der Waals surface area (Å²) in [6.45, 7) is 0. The van der Waals surface area contributed by atoms with Gasteiger partial charge < -0.3 is 11.1 Å². The number of benzene rings is 1. The topological polar surface area (TPSA) is 103 Å². The van der Waals surface area contributed by atoms with Crippen molar-refractivity contribution in [3.05, 3.63) is 60.4 Å². The molecule has 0 atom stereocenters. The molecule has 4 rings (SSSR count). The quantitative estimate of drug-likeness (QED) is 0.592. The first-order valence-electron chi connectivity index (χ1n) is 7.65. The van der Waals surface area contributed by atoms with Gasteiger partial charge in [-0.1, -0.05) is 18.2 Å². The Balaban J connectivity index is 1.85. The van der Waals surface area contributed by atoms with Crippen LogP contribution in [-0.2, 0) is 0 Å². The summed E-state index contributed by atoms with van der Waals surface area (Å²) in [5.41, 5.74) is 8.32. The lowest BCUT2D eigenvalue weighted by Gasteiger charge is -2.06. The van der Waals surface area contributed by atoms with Gasteiger partial charge in [-0.05, 0) is 18.2 Å². The van der Waals surface area contributed by atoms with E-state index in [1.165, 1.54) is 10.7 Å². The number of hydrogen-bond acceptors (Lipinski definition) is 5. The van der Waals surface area contributed by atoms with Crippen molar-refractivity contribution in [3.63, 3.8) is 0 Å². The number of carbonyl (C=O) groups is 1. The minimum atomic E-state index is -0.573. The van der Waals surface area contributed by atoms with Crippen LogP contribution in [0, 0.1) is 0 Å². The molecule has 0 saturated carbocycles. The van der Waals surface area contributed by atoms with Crippen molar-refractivity contribution in [1.82, 2.24) is 24.4 Å². The van der Waals surface area contributed by atoms with E-state index in [-0.39, 0.29) is 5.56 Å². The second-order valence-corrected chi connectivity index (χ2v) is 5.42. The molecule has 0 unspecified atom stereocenters. The first-order chi connectivity index (χ1) is 12.2. The smallest absolute Gasteiger partial charge is 0.254 e. The molecule has 4 aromatic rings. The number of para-hydroxylation sites is 1. The minimum absolute atomic E-state index is 0.265. The van der Waals surface area contributed by atoms with Crippen molar-refractivity contribution in [2.75, 3.05) is 12.4 Å². The highest BCUT2D eigenvalue weighted by molar-refractivity contribution is 5.99. The maximum atomic E-state index is 11.6. The number of primary amides is 1. The Morgan fingerprint density at radius 3 is 2.68 bits per heavy atom. The highest BCUT2D eigenvalue weighted by Crippen LogP contribution is 2.23. The molecule has 0 aliphatic rings. The van der Waals surface area contributed by atoms with Crippen LogP contribution >= 0.6 is 0 Å². The molecule has 1 aromatic carbocycles. The summed E-state index contributed by atoms with van der Waals surface area (Å²) in [7, 11) is 1.77. The minimum Gasteiger partial charge on any atom is -0.373 e. The molecule has 1 amide bonds. The Bertz CT molecular complexity index is 1070. The molecule has 3 aromatic heterocycles. The standard InChI is InChI=1S/C17H15N7O/c1-19-15-9-14(21-17-12(16(18)25)10-20-24(15)17)13-7-8-23(22-13)11-5-3-2-4-6-11/h2-10,19H,1H3,(H2,18,25). The molecule has 0 aliphatic heterocycles. The molecule has 124 valence electrons. The summed E-state index contributed by atoms with van der Waals surface area (Å²) in [6, 6.07) is 13.5. The van der Waals surface area contributed by atoms with E-state index < -0.39 is 5.91 Å². The van der Waals surface area contributed by atoms with Crippen molar-refractivity contribution >= 4 is 17.4 Å². The van der Waals surface area contributed by atoms with E-state index in [4.69, 9.17) is 5.73 Å². The number of fused-ring (bicyclic) bond motifs is 1. The van der Waals surface area contributed by atoms with Crippen molar-refractivity contribution < 1.29 is 4.79 Å². The Morgan fingerprint density at radius 2 is 1.96 bits per heavy atom. The lowest BCUT2D eigenvalue weighted by atomic mass is 10.2.